The van der Waals surface area contributed by atoms with Crippen LogP contribution < -0.4 is 10.1 Å². The molecule has 0 heterocycles. The van der Waals surface area contributed by atoms with Gasteiger partial charge in [-0.05, 0) is 29.8 Å². The third-order valence-corrected chi connectivity index (χ3v) is 2.91. The Labute approximate surface area is 125 Å². The summed E-state index contributed by atoms with van der Waals surface area (Å²) in [5.41, 5.74) is 0.649. The summed E-state index contributed by atoms with van der Waals surface area (Å²) in [6, 6.07) is 5.05. The second-order valence-corrected chi connectivity index (χ2v) is 4.59. The van der Waals surface area contributed by atoms with Gasteiger partial charge in [-0.25, -0.2) is 4.79 Å². The van der Waals surface area contributed by atoms with Gasteiger partial charge < -0.3 is 15.2 Å². The maximum atomic E-state index is 11.4. The van der Waals surface area contributed by atoms with E-state index in [2.05, 4.69) is 27.8 Å². The van der Waals surface area contributed by atoms with Crippen LogP contribution in [0.4, 0.5) is 0 Å². The topological polar surface area (TPSA) is 75.6 Å². The van der Waals surface area contributed by atoms with Crippen LogP contribution >= 0.6 is 15.9 Å². The van der Waals surface area contributed by atoms with Crippen LogP contribution in [0, 0.1) is 0 Å². The summed E-state index contributed by atoms with van der Waals surface area (Å²) < 4.78 is 6.05. The summed E-state index contributed by atoms with van der Waals surface area (Å²) in [7, 11) is 0. The Morgan fingerprint density at radius 1 is 1.45 bits per heavy atom. The molecule has 2 N–H and O–H groups in total. The van der Waals surface area contributed by atoms with Crippen LogP contribution in [-0.2, 0) is 9.59 Å². The van der Waals surface area contributed by atoms with Crippen LogP contribution in [0.5, 0.6) is 5.75 Å². The molecule has 20 heavy (non-hydrogen) atoms. The van der Waals surface area contributed by atoms with Crippen molar-refractivity contribution in [1.29, 1.82) is 0 Å². The molecule has 0 saturated heterocycles. The third-order valence-electron chi connectivity index (χ3n) is 2.19. The van der Waals surface area contributed by atoms with E-state index in [1.807, 2.05) is 0 Å². The average molecular weight is 340 g/mol. The quantitative estimate of drug-likeness (QED) is 0.590. The lowest BCUT2D eigenvalue weighted by atomic mass is 10.2. The van der Waals surface area contributed by atoms with Crippen molar-refractivity contribution in [3.05, 3.63) is 47.0 Å². The van der Waals surface area contributed by atoms with Gasteiger partial charge >= 0.3 is 5.97 Å². The minimum Gasteiger partial charge on any atom is -0.484 e. The van der Waals surface area contributed by atoms with E-state index in [9.17, 15) is 9.59 Å². The maximum absolute atomic E-state index is 11.4. The predicted molar refractivity (Wildman–Crippen MR) is 79.5 cm³/mol. The Morgan fingerprint density at radius 2 is 2.20 bits per heavy atom. The number of nitrogens with one attached hydrogen (secondary N) is 1. The number of carboxylic acid groups (broad SMARTS) is 1. The standard InChI is InChI=1S/C14H14BrNO4/c1-2-7-16-13(17)9-20-11-4-5-12(15)10(8-11)3-6-14(18)19/h2-6,8H,1,7,9H2,(H,16,17)(H,18,19)/b6-3+. The van der Waals surface area contributed by atoms with E-state index in [1.165, 1.54) is 6.08 Å². The van der Waals surface area contributed by atoms with Gasteiger partial charge in [0.2, 0.25) is 0 Å². The molecule has 5 nitrogen and oxygen atoms in total. The molecule has 106 valence electrons. The molecule has 6 heteroatoms. The highest BCUT2D eigenvalue weighted by Gasteiger charge is 2.04. The Balaban J connectivity index is 2.67. The van der Waals surface area contributed by atoms with Crippen molar-refractivity contribution < 1.29 is 19.4 Å². The summed E-state index contributed by atoms with van der Waals surface area (Å²) in [4.78, 5) is 21.8. The molecule has 1 amide bonds. The van der Waals surface area contributed by atoms with Crippen molar-refractivity contribution in [2.24, 2.45) is 0 Å². The first-order valence-electron chi connectivity index (χ1n) is 5.74. The first-order valence-corrected chi connectivity index (χ1v) is 6.53. The van der Waals surface area contributed by atoms with Crippen LogP contribution in [-0.4, -0.2) is 30.1 Å². The second-order valence-electron chi connectivity index (χ2n) is 3.74. The minimum absolute atomic E-state index is 0.114. The van der Waals surface area contributed by atoms with Crippen molar-refractivity contribution in [2.75, 3.05) is 13.2 Å². The van der Waals surface area contributed by atoms with Gasteiger partial charge in [0.05, 0.1) is 0 Å². The Kier molecular flexibility index (Phi) is 6.52. The molecule has 1 aromatic rings. The van der Waals surface area contributed by atoms with E-state index >= 15 is 0 Å². The Morgan fingerprint density at radius 3 is 2.85 bits per heavy atom. The van der Waals surface area contributed by atoms with Gasteiger partial charge in [0, 0.05) is 17.1 Å². The van der Waals surface area contributed by atoms with Crippen molar-refractivity contribution in [2.45, 2.75) is 0 Å². The van der Waals surface area contributed by atoms with Crippen molar-refractivity contribution in [3.8, 4) is 5.75 Å². The number of carbonyl (C=O) groups is 2. The van der Waals surface area contributed by atoms with E-state index in [0.29, 0.717) is 17.9 Å². The zero-order valence-corrected chi connectivity index (χ0v) is 12.2. The number of hydrogen-bond acceptors (Lipinski definition) is 3. The predicted octanol–water partition coefficient (Wildman–Crippen LogP) is 2.23. The zero-order valence-electron chi connectivity index (χ0n) is 10.6. The van der Waals surface area contributed by atoms with Crippen LogP contribution in [0.25, 0.3) is 6.08 Å². The number of hydrogen-bond donors (Lipinski definition) is 2. The highest BCUT2D eigenvalue weighted by atomic mass is 79.9. The first-order chi connectivity index (χ1) is 9.52. The molecule has 0 aliphatic carbocycles. The number of aliphatic carboxylic acids is 1. The van der Waals surface area contributed by atoms with Gasteiger partial charge in [-0.15, -0.1) is 6.58 Å². The number of halogens is 1. The van der Waals surface area contributed by atoms with Gasteiger partial charge in [0.25, 0.3) is 5.91 Å². The molecule has 0 aromatic heterocycles. The van der Waals surface area contributed by atoms with Gasteiger partial charge in [-0.1, -0.05) is 22.0 Å². The fourth-order valence-corrected chi connectivity index (χ4v) is 1.67. The van der Waals surface area contributed by atoms with Crippen LogP contribution in [0.1, 0.15) is 5.56 Å². The van der Waals surface area contributed by atoms with Crippen LogP contribution in [0.15, 0.2) is 41.4 Å². The van der Waals surface area contributed by atoms with Crippen LogP contribution in [0.2, 0.25) is 0 Å². The number of ether oxygens (including phenoxy) is 1. The van der Waals surface area contributed by atoms with Gasteiger partial charge in [-0.3, -0.25) is 4.79 Å². The number of carbonyl (C=O) groups excluding carboxylic acids is 1. The van der Waals surface area contributed by atoms with E-state index in [4.69, 9.17) is 9.84 Å². The lowest BCUT2D eigenvalue weighted by Gasteiger charge is -2.08. The van der Waals surface area contributed by atoms with E-state index < -0.39 is 5.97 Å². The first kappa shape index (κ1) is 16.0. The molecule has 0 saturated carbocycles. The number of benzene rings is 1. The summed E-state index contributed by atoms with van der Waals surface area (Å²) in [5, 5.41) is 11.2. The zero-order chi connectivity index (χ0) is 15.0. The number of amides is 1. The molecule has 0 spiro atoms. The molecule has 0 aliphatic heterocycles. The SMILES string of the molecule is C=CCNC(=O)COc1ccc(Br)c(/C=C/C(=O)O)c1. The molecule has 0 aliphatic rings. The third kappa shape index (κ3) is 5.71. The second kappa shape index (κ2) is 8.16. The molecule has 1 rings (SSSR count). The summed E-state index contributed by atoms with van der Waals surface area (Å²) in [6.07, 6.45) is 4.05. The summed E-state index contributed by atoms with van der Waals surface area (Å²) in [6.45, 7) is 3.76. The number of carboxylic acids is 1. The van der Waals surface area contributed by atoms with E-state index in [-0.39, 0.29) is 12.5 Å². The largest absolute Gasteiger partial charge is 0.484 e. The maximum Gasteiger partial charge on any atom is 0.328 e. The Bertz CT molecular complexity index is 540. The van der Waals surface area contributed by atoms with Crippen LogP contribution in [0.3, 0.4) is 0 Å². The minimum atomic E-state index is -1.04. The van der Waals surface area contributed by atoms with Crippen molar-refractivity contribution >= 4 is 33.9 Å². The monoisotopic (exact) mass is 339 g/mol. The van der Waals surface area contributed by atoms with E-state index in [0.717, 1.165) is 10.5 Å². The smallest absolute Gasteiger partial charge is 0.328 e. The fourth-order valence-electron chi connectivity index (χ4n) is 1.29. The van der Waals surface area contributed by atoms with Crippen molar-refractivity contribution in [1.82, 2.24) is 5.32 Å². The van der Waals surface area contributed by atoms with E-state index in [1.54, 1.807) is 24.3 Å². The highest BCUT2D eigenvalue weighted by Crippen LogP contribution is 2.23. The molecular formula is C14H14BrNO4. The summed E-state index contributed by atoms with van der Waals surface area (Å²) >= 11 is 3.30. The summed E-state index contributed by atoms with van der Waals surface area (Å²) in [5.74, 6) is -0.811. The lowest BCUT2D eigenvalue weighted by Crippen LogP contribution is -2.28. The Hall–Kier alpha value is -2.08. The highest BCUT2D eigenvalue weighted by molar-refractivity contribution is 9.10. The average Bonchev–Trinajstić information content (AvgIpc) is 2.42. The number of rotatable bonds is 7. The van der Waals surface area contributed by atoms with Crippen molar-refractivity contribution in [3.63, 3.8) is 0 Å². The van der Waals surface area contributed by atoms with Gasteiger partial charge in [0.1, 0.15) is 5.75 Å². The molecular weight excluding hydrogens is 326 g/mol. The normalized spacial score (nSPS) is 10.2. The molecule has 0 atom stereocenters. The molecule has 0 unspecified atom stereocenters. The fraction of sp³-hybridized carbons (Fsp3) is 0.143. The lowest BCUT2D eigenvalue weighted by molar-refractivity contribution is -0.131. The molecule has 1 aromatic carbocycles. The van der Waals surface area contributed by atoms with Gasteiger partial charge in [0.15, 0.2) is 6.61 Å². The molecule has 0 radical (unpaired) electrons. The molecule has 0 fully saturated rings. The molecule has 0 bridgehead atoms. The van der Waals surface area contributed by atoms with Gasteiger partial charge in [-0.2, -0.15) is 0 Å².